The minimum atomic E-state index is -0.246. The van der Waals surface area contributed by atoms with Crippen molar-refractivity contribution in [3.63, 3.8) is 0 Å². The summed E-state index contributed by atoms with van der Waals surface area (Å²) in [5.41, 5.74) is 4.91. The SMILES string of the molecule is C=CC(=O)N(Cc1ccc2c(c1)COC2(C)C)Cc1conc1C. The number of benzene rings is 1. The van der Waals surface area contributed by atoms with Crippen molar-refractivity contribution in [3.8, 4) is 0 Å². The molecule has 0 radical (unpaired) electrons. The zero-order valence-electron chi connectivity index (χ0n) is 14.3. The zero-order valence-corrected chi connectivity index (χ0v) is 14.3. The summed E-state index contributed by atoms with van der Waals surface area (Å²) in [7, 11) is 0. The summed E-state index contributed by atoms with van der Waals surface area (Å²) in [5, 5.41) is 3.87. The summed E-state index contributed by atoms with van der Waals surface area (Å²) < 4.78 is 10.8. The Balaban J connectivity index is 1.82. The molecule has 1 aliphatic rings. The minimum absolute atomic E-state index is 0.118. The molecule has 0 saturated heterocycles. The molecule has 126 valence electrons. The molecule has 0 N–H and O–H groups in total. The molecule has 0 atom stereocenters. The van der Waals surface area contributed by atoms with Crippen LogP contribution in [0.15, 0.2) is 41.6 Å². The van der Waals surface area contributed by atoms with Gasteiger partial charge in [0, 0.05) is 12.1 Å². The number of nitrogens with zero attached hydrogens (tertiary/aromatic N) is 2. The van der Waals surface area contributed by atoms with Gasteiger partial charge in [-0.1, -0.05) is 29.9 Å². The van der Waals surface area contributed by atoms with E-state index in [2.05, 4.69) is 43.8 Å². The third-order valence-electron chi connectivity index (χ3n) is 4.48. The number of amides is 1. The number of carbonyl (C=O) groups excluding carboxylic acids is 1. The maximum atomic E-state index is 12.2. The van der Waals surface area contributed by atoms with E-state index in [-0.39, 0.29) is 11.5 Å². The molecule has 0 spiro atoms. The Bertz CT molecular complexity index is 777. The highest BCUT2D eigenvalue weighted by atomic mass is 16.5. The van der Waals surface area contributed by atoms with E-state index in [1.807, 2.05) is 6.92 Å². The van der Waals surface area contributed by atoms with Crippen molar-refractivity contribution in [2.24, 2.45) is 0 Å². The zero-order chi connectivity index (χ0) is 17.3. The van der Waals surface area contributed by atoms with Gasteiger partial charge in [-0.25, -0.2) is 0 Å². The average Bonchev–Trinajstić information content (AvgIpc) is 3.09. The molecule has 0 bridgehead atoms. The number of hydrogen-bond acceptors (Lipinski definition) is 4. The Morgan fingerprint density at radius 1 is 1.42 bits per heavy atom. The van der Waals surface area contributed by atoms with Crippen LogP contribution in [0, 0.1) is 6.92 Å². The highest BCUT2D eigenvalue weighted by molar-refractivity contribution is 5.86. The van der Waals surface area contributed by atoms with E-state index < -0.39 is 0 Å². The molecule has 1 amide bonds. The summed E-state index contributed by atoms with van der Waals surface area (Å²) in [6.07, 6.45) is 2.92. The monoisotopic (exact) mass is 326 g/mol. The predicted octanol–water partition coefficient (Wildman–Crippen LogP) is 3.46. The second kappa shape index (κ2) is 6.24. The third-order valence-corrected chi connectivity index (χ3v) is 4.48. The predicted molar refractivity (Wildman–Crippen MR) is 89.9 cm³/mol. The highest BCUT2D eigenvalue weighted by Gasteiger charge is 2.30. The number of fused-ring (bicyclic) bond motifs is 1. The summed E-state index contributed by atoms with van der Waals surface area (Å²) in [6, 6.07) is 6.27. The molecule has 0 saturated carbocycles. The van der Waals surface area contributed by atoms with Crippen molar-refractivity contribution in [2.45, 2.75) is 46.1 Å². The number of ether oxygens (including phenoxy) is 1. The smallest absolute Gasteiger partial charge is 0.246 e. The Morgan fingerprint density at radius 3 is 2.88 bits per heavy atom. The van der Waals surface area contributed by atoms with Crippen molar-refractivity contribution >= 4 is 5.91 Å². The molecular formula is C19H22N2O3. The van der Waals surface area contributed by atoms with Crippen LogP contribution in [0.5, 0.6) is 0 Å². The average molecular weight is 326 g/mol. The minimum Gasteiger partial charge on any atom is -0.366 e. The van der Waals surface area contributed by atoms with Crippen molar-refractivity contribution in [1.29, 1.82) is 0 Å². The summed E-state index contributed by atoms with van der Waals surface area (Å²) in [4.78, 5) is 14.0. The molecule has 0 fully saturated rings. The van der Waals surface area contributed by atoms with E-state index in [1.54, 1.807) is 11.2 Å². The van der Waals surface area contributed by atoms with Crippen molar-refractivity contribution in [1.82, 2.24) is 10.1 Å². The van der Waals surface area contributed by atoms with Gasteiger partial charge in [0.15, 0.2) is 0 Å². The number of rotatable bonds is 5. The molecular weight excluding hydrogens is 304 g/mol. The van der Waals surface area contributed by atoms with Gasteiger partial charge in [-0.3, -0.25) is 4.79 Å². The first kappa shape index (κ1) is 16.5. The molecule has 0 unspecified atom stereocenters. The fourth-order valence-corrected chi connectivity index (χ4v) is 3.02. The molecule has 0 aliphatic carbocycles. The van der Waals surface area contributed by atoms with Gasteiger partial charge in [-0.15, -0.1) is 0 Å². The van der Waals surface area contributed by atoms with Gasteiger partial charge in [-0.2, -0.15) is 0 Å². The van der Waals surface area contributed by atoms with Crippen LogP contribution in [0.4, 0.5) is 0 Å². The maximum Gasteiger partial charge on any atom is 0.246 e. The lowest BCUT2D eigenvalue weighted by molar-refractivity contribution is -0.127. The first-order chi connectivity index (χ1) is 11.4. The lowest BCUT2D eigenvalue weighted by Crippen LogP contribution is -2.28. The largest absolute Gasteiger partial charge is 0.366 e. The highest BCUT2D eigenvalue weighted by Crippen LogP contribution is 2.36. The van der Waals surface area contributed by atoms with Gasteiger partial charge < -0.3 is 14.2 Å². The quantitative estimate of drug-likeness (QED) is 0.790. The van der Waals surface area contributed by atoms with E-state index >= 15 is 0 Å². The molecule has 2 aromatic rings. The Labute approximate surface area is 141 Å². The van der Waals surface area contributed by atoms with Crippen LogP contribution in [0.3, 0.4) is 0 Å². The molecule has 5 heteroatoms. The maximum absolute atomic E-state index is 12.2. The lowest BCUT2D eigenvalue weighted by Gasteiger charge is -2.22. The van der Waals surface area contributed by atoms with E-state index in [4.69, 9.17) is 9.26 Å². The number of aryl methyl sites for hydroxylation is 1. The van der Waals surface area contributed by atoms with Gasteiger partial charge in [0.25, 0.3) is 0 Å². The molecule has 1 aromatic heterocycles. The Kier molecular flexibility index (Phi) is 4.28. The number of hydrogen-bond donors (Lipinski definition) is 0. The van der Waals surface area contributed by atoms with Crippen molar-refractivity contribution < 1.29 is 14.1 Å². The first-order valence-electron chi connectivity index (χ1n) is 7.98. The van der Waals surface area contributed by atoms with Crippen molar-refractivity contribution in [3.05, 3.63) is 65.1 Å². The Morgan fingerprint density at radius 2 is 2.21 bits per heavy atom. The van der Waals surface area contributed by atoms with Gasteiger partial charge in [0.1, 0.15) is 6.26 Å². The number of aromatic nitrogens is 1. The van der Waals surface area contributed by atoms with Crippen LogP contribution < -0.4 is 0 Å². The third kappa shape index (κ3) is 3.12. The van der Waals surface area contributed by atoms with Crippen LogP contribution in [0.25, 0.3) is 0 Å². The van der Waals surface area contributed by atoms with E-state index in [0.717, 1.165) is 16.8 Å². The topological polar surface area (TPSA) is 55.6 Å². The Hall–Kier alpha value is -2.40. The van der Waals surface area contributed by atoms with Crippen LogP contribution >= 0.6 is 0 Å². The lowest BCUT2D eigenvalue weighted by atomic mass is 9.94. The molecule has 3 rings (SSSR count). The molecule has 5 nitrogen and oxygen atoms in total. The fourth-order valence-electron chi connectivity index (χ4n) is 3.02. The van der Waals surface area contributed by atoms with Gasteiger partial charge in [0.2, 0.25) is 5.91 Å². The molecule has 1 aliphatic heterocycles. The van der Waals surface area contributed by atoms with E-state index in [9.17, 15) is 4.79 Å². The van der Waals surface area contributed by atoms with Gasteiger partial charge >= 0.3 is 0 Å². The van der Waals surface area contributed by atoms with E-state index in [1.165, 1.54) is 17.2 Å². The molecule has 24 heavy (non-hydrogen) atoms. The standard InChI is InChI=1S/C19H22N2O3/c1-5-18(22)21(10-16-12-24-20-13(16)2)9-14-6-7-17-15(8-14)11-23-19(17,3)4/h5-8,12H,1,9-11H2,2-4H3. The number of carbonyl (C=O) groups is 1. The first-order valence-corrected chi connectivity index (χ1v) is 7.98. The molecule has 1 aromatic carbocycles. The second-order valence-electron chi connectivity index (χ2n) is 6.61. The van der Waals surface area contributed by atoms with Crippen LogP contribution in [-0.4, -0.2) is 16.0 Å². The fraction of sp³-hybridized carbons (Fsp3) is 0.368. The van der Waals surface area contributed by atoms with Gasteiger partial charge in [0.05, 0.1) is 24.4 Å². The summed E-state index contributed by atoms with van der Waals surface area (Å²) in [5.74, 6) is -0.118. The summed E-state index contributed by atoms with van der Waals surface area (Å²) in [6.45, 7) is 11.2. The van der Waals surface area contributed by atoms with E-state index in [0.29, 0.717) is 19.7 Å². The summed E-state index contributed by atoms with van der Waals surface area (Å²) >= 11 is 0. The second-order valence-corrected chi connectivity index (χ2v) is 6.61. The van der Waals surface area contributed by atoms with Crippen molar-refractivity contribution in [2.75, 3.05) is 0 Å². The van der Waals surface area contributed by atoms with Crippen LogP contribution in [0.1, 0.15) is 41.8 Å². The normalized spacial score (nSPS) is 15.1. The molecule has 2 heterocycles. The van der Waals surface area contributed by atoms with Crippen LogP contribution in [-0.2, 0) is 34.8 Å². The van der Waals surface area contributed by atoms with Gasteiger partial charge in [-0.05, 0) is 43.5 Å². The van der Waals surface area contributed by atoms with Crippen LogP contribution in [0.2, 0.25) is 0 Å².